The lowest BCUT2D eigenvalue weighted by atomic mass is 9.85. The van der Waals surface area contributed by atoms with E-state index in [0.717, 1.165) is 11.1 Å². The quantitative estimate of drug-likeness (QED) is 0.157. The van der Waals surface area contributed by atoms with Gasteiger partial charge in [0.25, 0.3) is 0 Å². The highest BCUT2D eigenvalue weighted by Gasteiger charge is 2.22. The lowest BCUT2D eigenvalue weighted by molar-refractivity contribution is 0.0692. The van der Waals surface area contributed by atoms with Crippen LogP contribution in [0.5, 0.6) is 0 Å². The molecule has 1 aromatic heterocycles. The Balaban J connectivity index is 1.74. The standard InChI is InChI=1S/C28H21Cl2FN2O4/c1-33-15-19(7-11-27(33)34)26(32-37)14-23(21-10-8-20(29)13-24(21)30)17-4-2-16(3-5-17)18-6-9-22(28(35)36)25(31)12-18/h2-13,15,23,37H,14H2,1H3,(H,35,36)/b32-26+/t23-/m1/s1. The first kappa shape index (κ1) is 26.1. The Hall–Kier alpha value is -3.94. The Morgan fingerprint density at radius 1 is 1.00 bits per heavy atom. The van der Waals surface area contributed by atoms with Crippen LogP contribution in [0.2, 0.25) is 10.0 Å². The van der Waals surface area contributed by atoms with Crippen molar-refractivity contribution >= 4 is 34.9 Å². The second-order valence-corrected chi connectivity index (χ2v) is 9.30. The first-order chi connectivity index (χ1) is 17.7. The van der Waals surface area contributed by atoms with Gasteiger partial charge in [-0.1, -0.05) is 64.8 Å². The fraction of sp³-hybridized carbons (Fsp3) is 0.107. The van der Waals surface area contributed by atoms with Gasteiger partial charge >= 0.3 is 5.97 Å². The van der Waals surface area contributed by atoms with Crippen molar-refractivity contribution in [1.29, 1.82) is 0 Å². The van der Waals surface area contributed by atoms with Crippen LogP contribution in [0.25, 0.3) is 11.1 Å². The van der Waals surface area contributed by atoms with E-state index >= 15 is 0 Å². The van der Waals surface area contributed by atoms with Crippen LogP contribution < -0.4 is 5.56 Å². The molecule has 0 saturated carbocycles. The molecule has 1 atom stereocenters. The van der Waals surface area contributed by atoms with Gasteiger partial charge in [0.2, 0.25) is 5.56 Å². The molecule has 4 rings (SSSR count). The van der Waals surface area contributed by atoms with Gasteiger partial charge in [0, 0.05) is 47.3 Å². The van der Waals surface area contributed by atoms with Gasteiger partial charge in [-0.05, 0) is 52.6 Å². The number of rotatable bonds is 7. The van der Waals surface area contributed by atoms with Crippen LogP contribution in [0.1, 0.15) is 39.4 Å². The third kappa shape index (κ3) is 5.74. The normalized spacial score (nSPS) is 12.4. The van der Waals surface area contributed by atoms with Crippen LogP contribution in [0.3, 0.4) is 0 Å². The number of oxime groups is 1. The number of carboxylic acid groups (broad SMARTS) is 1. The van der Waals surface area contributed by atoms with Crippen molar-refractivity contribution in [2.24, 2.45) is 12.2 Å². The number of aryl methyl sites for hydroxylation is 1. The maximum atomic E-state index is 14.2. The molecule has 0 aliphatic heterocycles. The predicted octanol–water partition coefficient (Wildman–Crippen LogP) is 6.60. The third-order valence-corrected chi connectivity index (χ3v) is 6.68. The van der Waals surface area contributed by atoms with Gasteiger partial charge in [-0.3, -0.25) is 4.79 Å². The lowest BCUT2D eigenvalue weighted by Crippen LogP contribution is -2.18. The second kappa shape index (κ2) is 11.0. The number of aromatic carboxylic acids is 1. The minimum Gasteiger partial charge on any atom is -0.478 e. The minimum absolute atomic E-state index is 0.193. The van der Waals surface area contributed by atoms with Crippen LogP contribution in [0.15, 0.2) is 88.9 Å². The molecule has 0 spiro atoms. The molecule has 0 bridgehead atoms. The van der Waals surface area contributed by atoms with Crippen LogP contribution in [0.4, 0.5) is 4.39 Å². The summed E-state index contributed by atoms with van der Waals surface area (Å²) < 4.78 is 15.6. The van der Waals surface area contributed by atoms with Crippen LogP contribution in [0, 0.1) is 5.82 Å². The summed E-state index contributed by atoms with van der Waals surface area (Å²) in [6.45, 7) is 0. The Bertz CT molecular complexity index is 1570. The van der Waals surface area contributed by atoms with Crippen LogP contribution >= 0.6 is 23.2 Å². The summed E-state index contributed by atoms with van der Waals surface area (Å²) in [6.07, 6.45) is 1.84. The molecular formula is C28H21Cl2FN2O4. The third-order valence-electron chi connectivity index (χ3n) is 6.12. The average molecular weight is 539 g/mol. The number of aromatic nitrogens is 1. The molecule has 9 heteroatoms. The van der Waals surface area contributed by atoms with Gasteiger partial charge in [0.05, 0.1) is 11.3 Å². The highest BCUT2D eigenvalue weighted by atomic mass is 35.5. The van der Waals surface area contributed by atoms with Gasteiger partial charge < -0.3 is 14.9 Å². The largest absolute Gasteiger partial charge is 0.478 e. The van der Waals surface area contributed by atoms with Crippen LogP contribution in [-0.4, -0.2) is 26.6 Å². The molecule has 0 aliphatic carbocycles. The van der Waals surface area contributed by atoms with E-state index in [1.54, 1.807) is 55.7 Å². The highest BCUT2D eigenvalue weighted by Crippen LogP contribution is 2.36. The summed E-state index contributed by atoms with van der Waals surface area (Å²) in [5.41, 5.74) is 3.14. The zero-order chi connectivity index (χ0) is 26.7. The van der Waals surface area contributed by atoms with Crippen molar-refractivity contribution in [3.63, 3.8) is 0 Å². The lowest BCUT2D eigenvalue weighted by Gasteiger charge is -2.21. The van der Waals surface area contributed by atoms with Crippen molar-refractivity contribution in [2.45, 2.75) is 12.3 Å². The number of hydrogen-bond donors (Lipinski definition) is 2. The Morgan fingerprint density at radius 2 is 1.70 bits per heavy atom. The van der Waals surface area contributed by atoms with Crippen LogP contribution in [-0.2, 0) is 7.05 Å². The molecule has 2 N–H and O–H groups in total. The Labute approximate surface area is 221 Å². The molecule has 0 fully saturated rings. The Kier molecular flexibility index (Phi) is 7.76. The molecule has 6 nitrogen and oxygen atoms in total. The molecule has 3 aromatic carbocycles. The van der Waals surface area contributed by atoms with Crippen molar-refractivity contribution in [2.75, 3.05) is 0 Å². The van der Waals surface area contributed by atoms with E-state index in [1.165, 1.54) is 22.8 Å². The molecule has 4 aromatic rings. The van der Waals surface area contributed by atoms with Gasteiger partial charge in [0.15, 0.2) is 0 Å². The summed E-state index contributed by atoms with van der Waals surface area (Å²) in [5, 5.41) is 23.3. The highest BCUT2D eigenvalue weighted by molar-refractivity contribution is 6.35. The van der Waals surface area contributed by atoms with Gasteiger partial charge in [0.1, 0.15) is 5.82 Å². The number of hydrogen-bond acceptors (Lipinski definition) is 4. The van der Waals surface area contributed by atoms with Crippen molar-refractivity contribution in [1.82, 2.24) is 4.57 Å². The van der Waals surface area contributed by atoms with Crippen molar-refractivity contribution < 1.29 is 19.5 Å². The van der Waals surface area contributed by atoms with Crippen molar-refractivity contribution in [3.05, 3.63) is 127 Å². The van der Waals surface area contributed by atoms with E-state index in [9.17, 15) is 19.2 Å². The summed E-state index contributed by atoms with van der Waals surface area (Å²) in [4.78, 5) is 22.9. The van der Waals surface area contributed by atoms with E-state index in [1.807, 2.05) is 12.1 Å². The number of carbonyl (C=O) groups is 1. The summed E-state index contributed by atoms with van der Waals surface area (Å²) in [6, 6.07) is 19.4. The van der Waals surface area contributed by atoms with Gasteiger partial charge in [-0.15, -0.1) is 0 Å². The Morgan fingerprint density at radius 3 is 2.30 bits per heavy atom. The number of nitrogens with zero attached hydrogens (tertiary/aromatic N) is 2. The molecule has 0 saturated heterocycles. The zero-order valence-corrected chi connectivity index (χ0v) is 21.0. The number of halogens is 3. The first-order valence-corrected chi connectivity index (χ1v) is 11.9. The molecule has 0 unspecified atom stereocenters. The van der Waals surface area contributed by atoms with E-state index in [-0.39, 0.29) is 17.9 Å². The zero-order valence-electron chi connectivity index (χ0n) is 19.5. The summed E-state index contributed by atoms with van der Waals surface area (Å²) >= 11 is 12.7. The maximum absolute atomic E-state index is 14.2. The van der Waals surface area contributed by atoms with E-state index in [2.05, 4.69) is 5.16 Å². The fourth-order valence-electron chi connectivity index (χ4n) is 4.14. The average Bonchev–Trinajstić information content (AvgIpc) is 2.87. The molecule has 37 heavy (non-hydrogen) atoms. The van der Waals surface area contributed by atoms with Gasteiger partial charge in [-0.25, -0.2) is 9.18 Å². The number of pyridine rings is 1. The monoisotopic (exact) mass is 538 g/mol. The summed E-state index contributed by atoms with van der Waals surface area (Å²) in [5.74, 6) is -2.50. The van der Waals surface area contributed by atoms with Gasteiger partial charge in [-0.2, -0.15) is 0 Å². The molecule has 1 heterocycles. The fourth-order valence-corrected chi connectivity index (χ4v) is 4.68. The minimum atomic E-state index is -1.33. The molecule has 0 radical (unpaired) electrons. The molecule has 0 amide bonds. The predicted molar refractivity (Wildman–Crippen MR) is 142 cm³/mol. The molecule has 0 aliphatic rings. The second-order valence-electron chi connectivity index (χ2n) is 8.46. The number of benzene rings is 3. The van der Waals surface area contributed by atoms with E-state index < -0.39 is 17.3 Å². The van der Waals surface area contributed by atoms with Crippen molar-refractivity contribution in [3.8, 4) is 11.1 Å². The summed E-state index contributed by atoms with van der Waals surface area (Å²) in [7, 11) is 1.61. The molecular weight excluding hydrogens is 518 g/mol. The van der Waals surface area contributed by atoms with E-state index in [4.69, 9.17) is 28.3 Å². The number of carboxylic acids is 1. The molecule has 188 valence electrons. The SMILES string of the molecule is Cn1cc(/C(C[C@H](c2ccc(-c3ccc(C(=O)O)c(F)c3)cc2)c2ccc(Cl)cc2Cl)=N/O)ccc1=O. The first-order valence-electron chi connectivity index (χ1n) is 11.1. The maximum Gasteiger partial charge on any atom is 0.338 e. The smallest absolute Gasteiger partial charge is 0.338 e. The topological polar surface area (TPSA) is 91.9 Å². The van der Waals surface area contributed by atoms with E-state index in [0.29, 0.717) is 32.4 Å².